The number of nitrogens with zero attached hydrogens (tertiary/aromatic N) is 2. The van der Waals surface area contributed by atoms with Gasteiger partial charge in [-0.3, -0.25) is 13.9 Å². The Morgan fingerprint density at radius 1 is 1.33 bits per heavy atom. The molecule has 0 saturated carbocycles. The topological polar surface area (TPSA) is 44.0 Å². The molecule has 4 nitrogen and oxygen atoms in total. The molecule has 0 atom stereocenters. The van der Waals surface area contributed by atoms with Gasteiger partial charge in [-0.05, 0) is 13.8 Å². The van der Waals surface area contributed by atoms with Gasteiger partial charge in [0.25, 0.3) is 5.56 Å². The fraction of sp³-hybridized carbons (Fsp3) is 0.500. The first-order valence-corrected chi connectivity index (χ1v) is 3.93. The third kappa shape index (κ3) is 1.32. The van der Waals surface area contributed by atoms with Crippen molar-refractivity contribution in [3.8, 4) is 0 Å². The van der Waals surface area contributed by atoms with Gasteiger partial charge in [-0.2, -0.15) is 0 Å². The van der Waals surface area contributed by atoms with E-state index in [1.165, 1.54) is 15.2 Å². The molecule has 12 heavy (non-hydrogen) atoms. The van der Waals surface area contributed by atoms with Gasteiger partial charge in [-0.15, -0.1) is 0 Å². The second-order valence-electron chi connectivity index (χ2n) is 2.38. The molecule has 0 fully saturated rings. The summed E-state index contributed by atoms with van der Waals surface area (Å²) in [5.74, 6) is 0. The Hall–Kier alpha value is -1.32. The number of rotatable bonds is 2. The second-order valence-corrected chi connectivity index (χ2v) is 2.38. The molecule has 0 N–H and O–H groups in total. The molecule has 1 aromatic rings. The second kappa shape index (κ2) is 3.38. The van der Waals surface area contributed by atoms with Crippen molar-refractivity contribution in [1.82, 2.24) is 9.13 Å². The van der Waals surface area contributed by atoms with Gasteiger partial charge in [0.1, 0.15) is 0 Å². The molecule has 0 saturated heterocycles. The summed E-state index contributed by atoms with van der Waals surface area (Å²) in [5.41, 5.74) is -0.570. The van der Waals surface area contributed by atoms with E-state index in [1.54, 1.807) is 6.92 Å². The number of aromatic nitrogens is 2. The third-order valence-corrected chi connectivity index (χ3v) is 1.70. The minimum Gasteiger partial charge on any atom is -0.292 e. The molecule has 0 amide bonds. The van der Waals surface area contributed by atoms with Crippen LogP contribution < -0.4 is 11.2 Å². The molecule has 0 aliphatic rings. The molecule has 1 aromatic heterocycles. The van der Waals surface area contributed by atoms with E-state index in [9.17, 15) is 9.59 Å². The largest absolute Gasteiger partial charge is 0.331 e. The van der Waals surface area contributed by atoms with Crippen LogP contribution in [0.1, 0.15) is 13.8 Å². The molecule has 0 aliphatic carbocycles. The average molecular weight is 167 g/mol. The maximum Gasteiger partial charge on any atom is 0.331 e. The van der Waals surface area contributed by atoms with Crippen molar-refractivity contribution >= 4 is 0 Å². The van der Waals surface area contributed by atoms with Gasteiger partial charge >= 0.3 is 5.69 Å². The molecule has 1 rings (SSSR count). The van der Waals surface area contributed by atoms with Crippen molar-refractivity contribution < 1.29 is 0 Å². The van der Waals surface area contributed by atoms with Gasteiger partial charge in [-0.25, -0.2) is 4.79 Å². The number of hydrogen-bond acceptors (Lipinski definition) is 2. The predicted octanol–water partition coefficient (Wildman–Crippen LogP) is -0.150. The molecule has 0 aliphatic heterocycles. The van der Waals surface area contributed by atoms with Crippen LogP contribution in [0.4, 0.5) is 0 Å². The molecule has 0 bridgehead atoms. The van der Waals surface area contributed by atoms with Crippen LogP contribution in [0, 0.1) is 6.20 Å². The summed E-state index contributed by atoms with van der Waals surface area (Å²) in [7, 11) is 0. The predicted molar refractivity (Wildman–Crippen MR) is 45.1 cm³/mol. The smallest absolute Gasteiger partial charge is 0.292 e. The Bertz CT molecular complexity index is 375. The average Bonchev–Trinajstić information content (AvgIpc) is 2.06. The lowest BCUT2D eigenvalue weighted by atomic mass is 10.5. The summed E-state index contributed by atoms with van der Waals surface area (Å²) in [6.45, 7) is 4.55. The highest BCUT2D eigenvalue weighted by molar-refractivity contribution is 4.83. The van der Waals surface area contributed by atoms with E-state index in [1.807, 2.05) is 6.92 Å². The van der Waals surface area contributed by atoms with E-state index in [2.05, 4.69) is 6.20 Å². The van der Waals surface area contributed by atoms with Gasteiger partial charge in [-0.1, -0.05) is 0 Å². The Kier molecular flexibility index (Phi) is 2.47. The standard InChI is InChI=1S/C8H11N2O2/c1-3-9-6-5-7(11)10(4-2)8(9)12/h5H,3-4H2,1-2H3. The van der Waals surface area contributed by atoms with Crippen LogP contribution in [0.15, 0.2) is 15.7 Å². The van der Waals surface area contributed by atoms with Crippen molar-refractivity contribution in [3.05, 3.63) is 33.1 Å². The maximum atomic E-state index is 11.3. The van der Waals surface area contributed by atoms with Gasteiger partial charge in [0, 0.05) is 19.2 Å². The van der Waals surface area contributed by atoms with E-state index < -0.39 is 0 Å². The lowest BCUT2D eigenvalue weighted by Gasteiger charge is -2.03. The molecule has 1 radical (unpaired) electrons. The Labute approximate surface area is 70.1 Å². The summed E-state index contributed by atoms with van der Waals surface area (Å²) in [6.07, 6.45) is 2.60. The van der Waals surface area contributed by atoms with Crippen LogP contribution >= 0.6 is 0 Å². The molecule has 0 spiro atoms. The quantitative estimate of drug-likeness (QED) is 0.614. The highest BCUT2D eigenvalue weighted by atomic mass is 16.2. The van der Waals surface area contributed by atoms with Crippen molar-refractivity contribution in [1.29, 1.82) is 0 Å². The molecule has 4 heteroatoms. The summed E-state index contributed by atoms with van der Waals surface area (Å²) < 4.78 is 2.56. The Balaban J connectivity index is 3.45. The van der Waals surface area contributed by atoms with Crippen molar-refractivity contribution in [2.24, 2.45) is 0 Å². The monoisotopic (exact) mass is 167 g/mol. The Morgan fingerprint density at radius 2 is 2.00 bits per heavy atom. The zero-order chi connectivity index (χ0) is 9.14. The van der Waals surface area contributed by atoms with Crippen LogP contribution in [0.5, 0.6) is 0 Å². The first-order valence-electron chi connectivity index (χ1n) is 3.93. The zero-order valence-corrected chi connectivity index (χ0v) is 7.20. The molecule has 1 heterocycles. The first-order chi connectivity index (χ1) is 5.70. The Morgan fingerprint density at radius 3 is 2.50 bits per heavy atom. The van der Waals surface area contributed by atoms with E-state index in [0.29, 0.717) is 13.1 Å². The van der Waals surface area contributed by atoms with Crippen molar-refractivity contribution in [2.45, 2.75) is 26.9 Å². The fourth-order valence-electron chi connectivity index (χ4n) is 1.02. The van der Waals surface area contributed by atoms with Gasteiger partial charge < -0.3 is 0 Å². The van der Waals surface area contributed by atoms with E-state index in [4.69, 9.17) is 0 Å². The van der Waals surface area contributed by atoms with Crippen LogP contribution in [-0.2, 0) is 13.1 Å². The van der Waals surface area contributed by atoms with Crippen molar-refractivity contribution in [3.63, 3.8) is 0 Å². The van der Waals surface area contributed by atoms with Crippen LogP contribution in [0.25, 0.3) is 0 Å². The molecular weight excluding hydrogens is 156 g/mol. The van der Waals surface area contributed by atoms with Crippen LogP contribution in [0.2, 0.25) is 0 Å². The van der Waals surface area contributed by atoms with E-state index >= 15 is 0 Å². The van der Waals surface area contributed by atoms with E-state index in [-0.39, 0.29) is 11.2 Å². The SMILES string of the molecule is CCn1[c]cc(=O)n(CC)c1=O. The molecule has 0 aromatic carbocycles. The van der Waals surface area contributed by atoms with Gasteiger partial charge in [0.2, 0.25) is 0 Å². The first kappa shape index (κ1) is 8.77. The van der Waals surface area contributed by atoms with Crippen LogP contribution in [-0.4, -0.2) is 9.13 Å². The molecule has 0 unspecified atom stereocenters. The minimum atomic E-state index is -0.285. The fourth-order valence-corrected chi connectivity index (χ4v) is 1.02. The molecule has 65 valence electrons. The summed E-state index contributed by atoms with van der Waals surface area (Å²) in [6, 6.07) is 1.29. The maximum absolute atomic E-state index is 11.3. The lowest BCUT2D eigenvalue weighted by molar-refractivity contribution is 0.584. The minimum absolute atomic E-state index is 0.285. The van der Waals surface area contributed by atoms with Crippen LogP contribution in [0.3, 0.4) is 0 Å². The summed E-state index contributed by atoms with van der Waals surface area (Å²) >= 11 is 0. The van der Waals surface area contributed by atoms with Gasteiger partial charge in [0.15, 0.2) is 0 Å². The highest BCUT2D eigenvalue weighted by Crippen LogP contribution is 1.76. The molecular formula is C8H11N2O2. The third-order valence-electron chi connectivity index (χ3n) is 1.70. The normalized spacial score (nSPS) is 10.2. The highest BCUT2D eigenvalue weighted by Gasteiger charge is 2.00. The van der Waals surface area contributed by atoms with E-state index in [0.717, 1.165) is 0 Å². The summed E-state index contributed by atoms with van der Waals surface area (Å²) in [5, 5.41) is 0. The number of aryl methyl sites for hydroxylation is 1. The summed E-state index contributed by atoms with van der Waals surface area (Å²) in [4.78, 5) is 22.4. The van der Waals surface area contributed by atoms with Crippen molar-refractivity contribution in [2.75, 3.05) is 0 Å². The zero-order valence-electron chi connectivity index (χ0n) is 7.20. The lowest BCUT2D eigenvalue weighted by Crippen LogP contribution is -2.38. The van der Waals surface area contributed by atoms with Gasteiger partial charge in [0.05, 0.1) is 6.20 Å². The number of hydrogen-bond donors (Lipinski definition) is 0.